The summed E-state index contributed by atoms with van der Waals surface area (Å²) >= 11 is 0. The number of amides is 1. The van der Waals surface area contributed by atoms with Crippen LogP contribution in [-0.2, 0) is 17.8 Å². The van der Waals surface area contributed by atoms with Gasteiger partial charge >= 0.3 is 0 Å². The molecule has 1 aromatic rings. The van der Waals surface area contributed by atoms with Gasteiger partial charge in [-0.25, -0.2) is 13.8 Å². The van der Waals surface area contributed by atoms with Gasteiger partial charge in [-0.3, -0.25) is 9.69 Å². The van der Waals surface area contributed by atoms with E-state index in [1.54, 1.807) is 0 Å². The molecule has 5 nitrogen and oxygen atoms in total. The van der Waals surface area contributed by atoms with Crippen LogP contribution < -0.4 is 0 Å². The third kappa shape index (κ3) is 3.43. The van der Waals surface area contributed by atoms with Crippen LogP contribution in [-0.4, -0.2) is 57.4 Å². The van der Waals surface area contributed by atoms with Crippen molar-refractivity contribution in [3.05, 3.63) is 17.7 Å². The maximum Gasteiger partial charge on any atom is 0.282 e. The Labute approximate surface area is 147 Å². The molecule has 3 aliphatic rings. The number of fused-ring (bicyclic) bond motifs is 1. The van der Waals surface area contributed by atoms with Gasteiger partial charge in [-0.15, -0.1) is 0 Å². The third-order valence-corrected chi connectivity index (χ3v) is 5.90. The number of rotatable bonds is 4. The second-order valence-electron chi connectivity index (χ2n) is 7.89. The van der Waals surface area contributed by atoms with Gasteiger partial charge < -0.3 is 9.47 Å². The number of carbonyl (C=O) groups excluding carboxylic acids is 1. The molecule has 0 aromatic carbocycles. The van der Waals surface area contributed by atoms with E-state index in [4.69, 9.17) is 0 Å². The minimum Gasteiger partial charge on any atom is -0.332 e. The lowest BCUT2D eigenvalue weighted by Gasteiger charge is -2.38. The summed E-state index contributed by atoms with van der Waals surface area (Å²) in [6.07, 6.45) is 7.41. The van der Waals surface area contributed by atoms with Gasteiger partial charge in [0, 0.05) is 25.8 Å². The summed E-state index contributed by atoms with van der Waals surface area (Å²) in [4.78, 5) is 20.5. The van der Waals surface area contributed by atoms with Crippen molar-refractivity contribution in [3.8, 4) is 0 Å². The summed E-state index contributed by atoms with van der Waals surface area (Å²) in [5.74, 6) is -1.16. The quantitative estimate of drug-likeness (QED) is 0.836. The molecule has 2 fully saturated rings. The molecule has 1 atom stereocenters. The molecule has 1 saturated heterocycles. The molecular weight excluding hydrogens is 326 g/mol. The molecule has 0 N–H and O–H groups in total. The van der Waals surface area contributed by atoms with E-state index in [0.717, 1.165) is 31.4 Å². The molecule has 0 radical (unpaired) electrons. The SMILES string of the molecule is CC1c2nc(CC(=O)N3CC(F)(F)C3)cn2CCN1CC1CCCC1. The van der Waals surface area contributed by atoms with Crippen LogP contribution in [0, 0.1) is 5.92 Å². The van der Waals surface area contributed by atoms with E-state index in [2.05, 4.69) is 21.4 Å². The van der Waals surface area contributed by atoms with Gasteiger partial charge in [-0.1, -0.05) is 12.8 Å². The standard InChI is InChI=1S/C18H26F2N4O/c1-13-17-21-15(8-16(25)24-11-18(19,20)12-24)10-23(17)7-6-22(13)9-14-4-2-3-5-14/h10,13-14H,2-9,11-12H2,1H3. The minimum absolute atomic E-state index is 0.116. The fraction of sp³-hybridized carbons (Fsp3) is 0.778. The zero-order valence-corrected chi connectivity index (χ0v) is 14.8. The molecule has 25 heavy (non-hydrogen) atoms. The van der Waals surface area contributed by atoms with Gasteiger partial charge in [-0.05, 0) is 25.7 Å². The van der Waals surface area contributed by atoms with Gasteiger partial charge in [0.1, 0.15) is 5.82 Å². The number of imidazole rings is 1. The molecule has 138 valence electrons. The van der Waals surface area contributed by atoms with Crippen molar-refractivity contribution in [2.24, 2.45) is 5.92 Å². The molecule has 1 aromatic heterocycles. The monoisotopic (exact) mass is 352 g/mol. The second kappa shape index (κ2) is 6.34. The normalized spacial score (nSPS) is 26.5. The Hall–Kier alpha value is -1.50. The lowest BCUT2D eigenvalue weighted by molar-refractivity contribution is -0.165. The van der Waals surface area contributed by atoms with Crippen molar-refractivity contribution in [1.82, 2.24) is 19.4 Å². The van der Waals surface area contributed by atoms with E-state index in [1.807, 2.05) is 6.20 Å². The highest BCUT2D eigenvalue weighted by Gasteiger charge is 2.46. The summed E-state index contributed by atoms with van der Waals surface area (Å²) in [7, 11) is 0. The highest BCUT2D eigenvalue weighted by molar-refractivity contribution is 5.79. The van der Waals surface area contributed by atoms with E-state index in [0.29, 0.717) is 5.69 Å². The summed E-state index contributed by atoms with van der Waals surface area (Å²) in [5.41, 5.74) is 0.699. The summed E-state index contributed by atoms with van der Waals surface area (Å²) in [6.45, 7) is 4.29. The molecule has 3 heterocycles. The average Bonchev–Trinajstić information content (AvgIpc) is 3.17. The van der Waals surface area contributed by atoms with Crippen molar-refractivity contribution in [1.29, 1.82) is 0 Å². The van der Waals surface area contributed by atoms with Crippen LogP contribution in [0.3, 0.4) is 0 Å². The number of carbonyl (C=O) groups is 1. The number of aromatic nitrogens is 2. The van der Waals surface area contributed by atoms with E-state index >= 15 is 0 Å². The Balaban J connectivity index is 1.38. The molecule has 1 amide bonds. The summed E-state index contributed by atoms with van der Waals surface area (Å²) in [5, 5.41) is 0. The number of likely N-dealkylation sites (tertiary alicyclic amines) is 1. The van der Waals surface area contributed by atoms with Crippen LogP contribution in [0.2, 0.25) is 0 Å². The van der Waals surface area contributed by atoms with E-state index in [1.165, 1.54) is 30.6 Å². The van der Waals surface area contributed by atoms with Gasteiger partial charge in [-0.2, -0.15) is 0 Å². The number of hydrogen-bond donors (Lipinski definition) is 0. The van der Waals surface area contributed by atoms with E-state index in [-0.39, 0.29) is 18.4 Å². The average molecular weight is 352 g/mol. The van der Waals surface area contributed by atoms with Crippen molar-refractivity contribution < 1.29 is 13.6 Å². The lowest BCUT2D eigenvalue weighted by atomic mass is 10.1. The van der Waals surface area contributed by atoms with Crippen LogP contribution in [0.4, 0.5) is 8.78 Å². The minimum atomic E-state index is -2.71. The molecule has 1 aliphatic carbocycles. The molecule has 1 saturated carbocycles. The molecule has 4 rings (SSSR count). The first-order valence-electron chi connectivity index (χ1n) is 9.37. The number of alkyl halides is 2. The largest absolute Gasteiger partial charge is 0.332 e. The topological polar surface area (TPSA) is 41.4 Å². The first-order chi connectivity index (χ1) is 11.9. The Morgan fingerprint density at radius 1 is 1.28 bits per heavy atom. The predicted octanol–water partition coefficient (Wildman–Crippen LogP) is 2.47. The van der Waals surface area contributed by atoms with Crippen molar-refractivity contribution in [2.75, 3.05) is 26.2 Å². The number of nitrogens with zero attached hydrogens (tertiary/aromatic N) is 4. The van der Waals surface area contributed by atoms with Crippen molar-refractivity contribution in [3.63, 3.8) is 0 Å². The predicted molar refractivity (Wildman–Crippen MR) is 89.4 cm³/mol. The first kappa shape index (κ1) is 16.9. The van der Waals surface area contributed by atoms with Gasteiger partial charge in [0.05, 0.1) is 31.2 Å². The zero-order valence-electron chi connectivity index (χ0n) is 14.8. The fourth-order valence-corrected chi connectivity index (χ4v) is 4.41. The molecule has 2 aliphatic heterocycles. The van der Waals surface area contributed by atoms with Crippen LogP contribution in [0.5, 0.6) is 0 Å². The molecule has 0 spiro atoms. The number of halogens is 2. The zero-order chi connectivity index (χ0) is 17.6. The Bertz CT molecular complexity index is 646. The second-order valence-corrected chi connectivity index (χ2v) is 7.89. The van der Waals surface area contributed by atoms with E-state index in [9.17, 15) is 13.6 Å². The fourth-order valence-electron chi connectivity index (χ4n) is 4.41. The third-order valence-electron chi connectivity index (χ3n) is 5.90. The highest BCUT2D eigenvalue weighted by Crippen LogP contribution is 2.31. The van der Waals surface area contributed by atoms with Gasteiger partial charge in [0.25, 0.3) is 5.92 Å². The van der Waals surface area contributed by atoms with Gasteiger partial charge in [0.2, 0.25) is 5.91 Å². The van der Waals surface area contributed by atoms with Crippen LogP contribution >= 0.6 is 0 Å². The van der Waals surface area contributed by atoms with Crippen LogP contribution in [0.15, 0.2) is 6.20 Å². The highest BCUT2D eigenvalue weighted by atomic mass is 19.3. The molecule has 7 heteroatoms. The Kier molecular flexibility index (Phi) is 4.30. The summed E-state index contributed by atoms with van der Waals surface area (Å²) < 4.78 is 28.0. The van der Waals surface area contributed by atoms with E-state index < -0.39 is 19.0 Å². The smallest absolute Gasteiger partial charge is 0.282 e. The van der Waals surface area contributed by atoms with Crippen molar-refractivity contribution >= 4 is 5.91 Å². The van der Waals surface area contributed by atoms with Gasteiger partial charge in [0.15, 0.2) is 0 Å². The first-order valence-corrected chi connectivity index (χ1v) is 9.37. The maximum atomic E-state index is 12.9. The van der Waals surface area contributed by atoms with Crippen molar-refractivity contribution in [2.45, 2.75) is 57.5 Å². The van der Waals surface area contributed by atoms with Crippen LogP contribution in [0.1, 0.15) is 50.2 Å². The maximum absolute atomic E-state index is 12.9. The van der Waals surface area contributed by atoms with Crippen LogP contribution in [0.25, 0.3) is 0 Å². The number of hydrogen-bond acceptors (Lipinski definition) is 3. The Morgan fingerprint density at radius 3 is 2.68 bits per heavy atom. The molecule has 1 unspecified atom stereocenters. The Morgan fingerprint density at radius 2 is 2.00 bits per heavy atom. The summed E-state index contributed by atoms with van der Waals surface area (Å²) in [6, 6.07) is 0.242. The lowest BCUT2D eigenvalue weighted by Crippen LogP contribution is -2.58. The molecular formula is C18H26F2N4O. The molecule has 0 bridgehead atoms.